The van der Waals surface area contributed by atoms with E-state index < -0.39 is 0 Å². The highest BCUT2D eigenvalue weighted by atomic mass is 32.1. The molecule has 0 bridgehead atoms. The van der Waals surface area contributed by atoms with E-state index in [1.54, 1.807) is 17.7 Å². The third-order valence-electron chi connectivity index (χ3n) is 4.25. The van der Waals surface area contributed by atoms with Crippen LogP contribution in [0.2, 0.25) is 0 Å². The number of fused-ring (bicyclic) bond motifs is 1. The molecule has 0 atom stereocenters. The molecule has 1 saturated heterocycles. The SMILES string of the molecule is Cc1cc(CC2OCCO2)ccc1OCCNc1ncnc2sccc12. The van der Waals surface area contributed by atoms with E-state index in [0.717, 1.165) is 33.8 Å². The van der Waals surface area contributed by atoms with Crippen molar-refractivity contribution in [3.8, 4) is 5.75 Å². The van der Waals surface area contributed by atoms with Crippen LogP contribution >= 0.6 is 11.3 Å². The van der Waals surface area contributed by atoms with Gasteiger partial charge in [0.1, 0.15) is 29.3 Å². The van der Waals surface area contributed by atoms with Crippen molar-refractivity contribution < 1.29 is 14.2 Å². The molecule has 4 rings (SSSR count). The van der Waals surface area contributed by atoms with Crippen LogP contribution in [0.3, 0.4) is 0 Å². The summed E-state index contributed by atoms with van der Waals surface area (Å²) in [5.41, 5.74) is 2.31. The largest absolute Gasteiger partial charge is 0.491 e. The topological polar surface area (TPSA) is 65.5 Å². The number of rotatable bonds is 7. The quantitative estimate of drug-likeness (QED) is 0.642. The third-order valence-corrected chi connectivity index (χ3v) is 5.07. The van der Waals surface area contributed by atoms with Gasteiger partial charge in [0.05, 0.1) is 25.1 Å². The lowest BCUT2D eigenvalue weighted by molar-refractivity contribution is -0.0400. The number of nitrogens with one attached hydrogen (secondary N) is 1. The summed E-state index contributed by atoms with van der Waals surface area (Å²) in [7, 11) is 0. The number of aromatic nitrogens is 2. The first kappa shape index (κ1) is 17.2. The first-order valence-corrected chi connectivity index (χ1v) is 9.55. The van der Waals surface area contributed by atoms with Gasteiger partial charge in [-0.2, -0.15) is 0 Å². The predicted molar refractivity (Wildman–Crippen MR) is 102 cm³/mol. The van der Waals surface area contributed by atoms with Crippen LogP contribution in [0.25, 0.3) is 10.2 Å². The Kier molecular flexibility index (Phi) is 5.29. The fourth-order valence-electron chi connectivity index (χ4n) is 2.98. The molecule has 3 aromatic rings. The van der Waals surface area contributed by atoms with Gasteiger partial charge in [-0.15, -0.1) is 11.3 Å². The average molecular weight is 371 g/mol. The minimum Gasteiger partial charge on any atom is -0.491 e. The molecule has 1 N–H and O–H groups in total. The van der Waals surface area contributed by atoms with E-state index >= 15 is 0 Å². The summed E-state index contributed by atoms with van der Waals surface area (Å²) in [5, 5.41) is 6.39. The van der Waals surface area contributed by atoms with Crippen molar-refractivity contribution in [1.82, 2.24) is 9.97 Å². The van der Waals surface area contributed by atoms with Gasteiger partial charge in [-0.05, 0) is 35.6 Å². The number of nitrogens with zero attached hydrogens (tertiary/aromatic N) is 2. The molecular weight excluding hydrogens is 350 g/mol. The molecule has 0 radical (unpaired) electrons. The van der Waals surface area contributed by atoms with Crippen LogP contribution in [-0.2, 0) is 15.9 Å². The number of hydrogen-bond acceptors (Lipinski definition) is 7. The van der Waals surface area contributed by atoms with Gasteiger partial charge in [0.25, 0.3) is 0 Å². The maximum atomic E-state index is 5.91. The van der Waals surface area contributed by atoms with E-state index in [0.29, 0.717) is 26.4 Å². The van der Waals surface area contributed by atoms with Gasteiger partial charge in [0, 0.05) is 6.42 Å². The van der Waals surface area contributed by atoms with Crippen LogP contribution in [0.15, 0.2) is 36.0 Å². The second-order valence-electron chi connectivity index (χ2n) is 6.11. The fourth-order valence-corrected chi connectivity index (χ4v) is 3.71. The summed E-state index contributed by atoms with van der Waals surface area (Å²) >= 11 is 1.61. The number of ether oxygens (including phenoxy) is 3. The zero-order valence-electron chi connectivity index (χ0n) is 14.6. The Balaban J connectivity index is 1.29. The highest BCUT2D eigenvalue weighted by Gasteiger charge is 2.16. The molecule has 3 heterocycles. The maximum absolute atomic E-state index is 5.91. The third kappa shape index (κ3) is 3.95. The molecule has 1 fully saturated rings. The zero-order chi connectivity index (χ0) is 17.8. The van der Waals surface area contributed by atoms with E-state index in [9.17, 15) is 0 Å². The van der Waals surface area contributed by atoms with Crippen LogP contribution < -0.4 is 10.1 Å². The molecule has 1 aromatic carbocycles. The van der Waals surface area contributed by atoms with Gasteiger partial charge >= 0.3 is 0 Å². The molecule has 0 spiro atoms. The standard InChI is InChI=1S/C19H21N3O3S/c1-13-10-14(11-17-24-7-8-25-17)2-3-16(13)23-6-5-20-18-15-4-9-26-19(15)22-12-21-18/h2-4,9-10,12,17H,5-8,11H2,1H3,(H,20,21,22). The molecule has 0 unspecified atom stereocenters. The lowest BCUT2D eigenvalue weighted by Crippen LogP contribution is -2.13. The van der Waals surface area contributed by atoms with Crippen LogP contribution in [0.4, 0.5) is 5.82 Å². The molecule has 7 heteroatoms. The van der Waals surface area contributed by atoms with Crippen LogP contribution in [-0.4, -0.2) is 42.6 Å². The van der Waals surface area contributed by atoms with Crippen molar-refractivity contribution in [2.24, 2.45) is 0 Å². The minimum atomic E-state index is -0.118. The summed E-state index contributed by atoms with van der Waals surface area (Å²) in [6.07, 6.45) is 2.24. The van der Waals surface area contributed by atoms with Crippen molar-refractivity contribution in [2.75, 3.05) is 31.7 Å². The van der Waals surface area contributed by atoms with Gasteiger partial charge in [0.2, 0.25) is 0 Å². The second kappa shape index (κ2) is 7.99. The smallest absolute Gasteiger partial charge is 0.161 e. The van der Waals surface area contributed by atoms with Gasteiger partial charge in [0.15, 0.2) is 6.29 Å². The summed E-state index contributed by atoms with van der Waals surface area (Å²) < 4.78 is 16.9. The summed E-state index contributed by atoms with van der Waals surface area (Å²) in [6, 6.07) is 8.25. The number of hydrogen-bond donors (Lipinski definition) is 1. The molecule has 136 valence electrons. The monoisotopic (exact) mass is 371 g/mol. The van der Waals surface area contributed by atoms with E-state index in [-0.39, 0.29) is 6.29 Å². The van der Waals surface area contributed by atoms with Crippen molar-refractivity contribution in [1.29, 1.82) is 0 Å². The molecule has 1 aliphatic rings. The Labute approximate surface area is 156 Å². The average Bonchev–Trinajstić information content (AvgIpc) is 3.32. The summed E-state index contributed by atoms with van der Waals surface area (Å²) in [5.74, 6) is 1.75. The molecule has 0 amide bonds. The number of anilines is 1. The van der Waals surface area contributed by atoms with Gasteiger partial charge < -0.3 is 19.5 Å². The lowest BCUT2D eigenvalue weighted by atomic mass is 10.1. The molecule has 6 nitrogen and oxygen atoms in total. The van der Waals surface area contributed by atoms with Crippen molar-refractivity contribution >= 4 is 27.4 Å². The van der Waals surface area contributed by atoms with E-state index in [1.165, 1.54) is 5.56 Å². The predicted octanol–water partition coefficient (Wildman–Crippen LogP) is 3.41. The highest BCUT2D eigenvalue weighted by molar-refractivity contribution is 7.16. The van der Waals surface area contributed by atoms with Crippen molar-refractivity contribution in [3.05, 3.63) is 47.1 Å². The van der Waals surface area contributed by atoms with Crippen LogP contribution in [0, 0.1) is 6.92 Å². The Morgan fingerprint density at radius 3 is 2.96 bits per heavy atom. The normalized spacial score (nSPS) is 14.8. The number of benzene rings is 1. The summed E-state index contributed by atoms with van der Waals surface area (Å²) in [4.78, 5) is 9.55. The van der Waals surface area contributed by atoms with Crippen LogP contribution in [0.5, 0.6) is 5.75 Å². The Morgan fingerprint density at radius 2 is 2.12 bits per heavy atom. The zero-order valence-corrected chi connectivity index (χ0v) is 15.4. The van der Waals surface area contributed by atoms with Gasteiger partial charge in [-0.1, -0.05) is 12.1 Å². The van der Waals surface area contributed by atoms with Crippen LogP contribution in [0.1, 0.15) is 11.1 Å². The minimum absolute atomic E-state index is 0.118. The first-order chi connectivity index (χ1) is 12.8. The number of aryl methyl sites for hydroxylation is 1. The maximum Gasteiger partial charge on any atom is 0.161 e. The van der Waals surface area contributed by atoms with E-state index in [4.69, 9.17) is 14.2 Å². The first-order valence-electron chi connectivity index (χ1n) is 8.67. The van der Waals surface area contributed by atoms with Gasteiger partial charge in [-0.3, -0.25) is 0 Å². The second-order valence-corrected chi connectivity index (χ2v) is 7.01. The van der Waals surface area contributed by atoms with E-state index in [1.807, 2.05) is 17.5 Å². The van der Waals surface area contributed by atoms with Crippen molar-refractivity contribution in [2.45, 2.75) is 19.6 Å². The molecular formula is C19H21N3O3S. The molecule has 1 aliphatic heterocycles. The van der Waals surface area contributed by atoms with Gasteiger partial charge in [-0.25, -0.2) is 9.97 Å². The molecule has 2 aromatic heterocycles. The Morgan fingerprint density at radius 1 is 1.23 bits per heavy atom. The Hall–Kier alpha value is -2.22. The molecule has 0 aliphatic carbocycles. The molecule has 0 saturated carbocycles. The highest BCUT2D eigenvalue weighted by Crippen LogP contribution is 2.24. The summed E-state index contributed by atoms with van der Waals surface area (Å²) in [6.45, 7) is 4.66. The lowest BCUT2D eigenvalue weighted by Gasteiger charge is -2.13. The molecule has 26 heavy (non-hydrogen) atoms. The fraction of sp³-hybridized carbons (Fsp3) is 0.368. The Bertz CT molecular complexity index is 877. The number of thiophene rings is 1. The van der Waals surface area contributed by atoms with Crippen molar-refractivity contribution in [3.63, 3.8) is 0 Å². The van der Waals surface area contributed by atoms with E-state index in [2.05, 4.69) is 34.3 Å².